The van der Waals surface area contributed by atoms with Crippen LogP contribution < -0.4 is 0 Å². The predicted octanol–water partition coefficient (Wildman–Crippen LogP) is 19.4. The minimum absolute atomic E-state index is 0. The number of allylic oxidation sites excluding steroid dienone is 2. The fraction of sp³-hybridized carbons (Fsp3) is 0.655. The second-order valence-electron chi connectivity index (χ2n) is 17.1. The molecule has 0 saturated heterocycles. The van der Waals surface area contributed by atoms with Gasteiger partial charge in [-0.1, -0.05) is 218 Å². The molecular weight excluding hydrogens is 783 g/mol. The Morgan fingerprint density at radius 3 is 1.25 bits per heavy atom. The summed E-state index contributed by atoms with van der Waals surface area (Å²) in [6.07, 6.45) is 41.3. The molecule has 3 heteroatoms. The van der Waals surface area contributed by atoms with Gasteiger partial charge in [-0.05, 0) is 80.3 Å². The van der Waals surface area contributed by atoms with Crippen LogP contribution in [0, 0.1) is 25.7 Å². The van der Waals surface area contributed by atoms with Gasteiger partial charge < -0.3 is 19.4 Å². The summed E-state index contributed by atoms with van der Waals surface area (Å²) in [5.74, 6) is 7.33. The van der Waals surface area contributed by atoms with Gasteiger partial charge in [0.05, 0.1) is 0 Å². The van der Waals surface area contributed by atoms with Crippen LogP contribution in [0.2, 0.25) is 0 Å². The van der Waals surface area contributed by atoms with Crippen LogP contribution >= 0.6 is 0 Å². The zero-order valence-corrected chi connectivity index (χ0v) is 41.9. The van der Waals surface area contributed by atoms with Crippen molar-refractivity contribution in [2.45, 2.75) is 247 Å². The molecule has 1 aliphatic heterocycles. The van der Waals surface area contributed by atoms with Gasteiger partial charge in [-0.25, -0.2) is 4.70 Å². The Bertz CT molecular complexity index is 1490. The molecular formula is C58H94N2Ni. The Balaban J connectivity index is 0.00000698. The van der Waals surface area contributed by atoms with Gasteiger partial charge >= 0.3 is 16.5 Å². The first-order valence-corrected chi connectivity index (χ1v) is 25.7. The molecule has 0 amide bonds. The van der Waals surface area contributed by atoms with Crippen LogP contribution in [0.3, 0.4) is 0 Å². The van der Waals surface area contributed by atoms with E-state index in [0.29, 0.717) is 0 Å². The van der Waals surface area contributed by atoms with Gasteiger partial charge in [-0.2, -0.15) is 13.8 Å². The van der Waals surface area contributed by atoms with E-state index in [-0.39, 0.29) is 16.5 Å². The minimum atomic E-state index is 0. The largest absolute Gasteiger partial charge is 2.00 e. The van der Waals surface area contributed by atoms with E-state index in [1.54, 1.807) is 13.8 Å². The number of hydrogen-bond acceptors (Lipinski definition) is 0. The van der Waals surface area contributed by atoms with Gasteiger partial charge in [0.25, 0.3) is 0 Å². The molecule has 2 aromatic rings. The zero-order chi connectivity index (χ0) is 43.9. The molecule has 1 heterocycles. The molecule has 1 aliphatic rings. The molecule has 0 spiro atoms. The number of nitrogens with zero attached hydrogens (tertiary/aromatic N) is 2. The van der Waals surface area contributed by atoms with Gasteiger partial charge in [0.15, 0.2) is 0 Å². The topological polar surface area (TPSA) is 25.3 Å². The summed E-state index contributed by atoms with van der Waals surface area (Å²) in [6.45, 7) is 19.1. The standard InChI is InChI=1S/C54H84N2.2C2H5.Ni/c1-5-9-13-16-17-18-19-20-21-22-23-24-25-26-27-28-29-30-31-34-44-52-51(43-33-15-11-7-3)54(50-42-36-40-48(46-50)38-32-14-10-6-2)56(55)53(52)49-41-35-39-47(45-49)37-12-8-4;2*1-2;/h35-36,39-42,45-46H,5-33,37-38,43H2,1-4H3;2*1H2,2H3;/q;2*-1;+2. The maximum absolute atomic E-state index is 12.2. The van der Waals surface area contributed by atoms with Crippen LogP contribution in [0.5, 0.6) is 0 Å². The van der Waals surface area contributed by atoms with Crippen molar-refractivity contribution < 1.29 is 21.2 Å². The van der Waals surface area contributed by atoms with E-state index in [0.717, 1.165) is 66.6 Å². The molecule has 0 aromatic heterocycles. The number of unbranched alkanes of at least 4 members (excludes halogenated alkanes) is 25. The van der Waals surface area contributed by atoms with E-state index < -0.39 is 0 Å². The number of rotatable bonds is 33. The average molecular weight is 878 g/mol. The molecule has 61 heavy (non-hydrogen) atoms. The monoisotopic (exact) mass is 877 g/mol. The average Bonchev–Trinajstić information content (AvgIpc) is 3.56. The van der Waals surface area contributed by atoms with Crippen LogP contribution in [0.15, 0.2) is 59.7 Å². The Kier molecular flexibility index (Phi) is 39.9. The Morgan fingerprint density at radius 1 is 0.443 bits per heavy atom. The molecule has 0 unspecified atom stereocenters. The minimum Gasteiger partial charge on any atom is -0.493 e. The van der Waals surface area contributed by atoms with Crippen LogP contribution in [0.4, 0.5) is 0 Å². The molecule has 0 atom stereocenters. The summed E-state index contributed by atoms with van der Waals surface area (Å²) in [5, 5.41) is 0. The summed E-state index contributed by atoms with van der Waals surface area (Å²) in [4.78, 5) is 0. The van der Waals surface area contributed by atoms with E-state index in [9.17, 15) is 5.53 Å². The SMILES string of the molecule is CCCCCCCCCCCCCCCCCCCCC#CC1=C(c2cccc(CCCC)c2)[N+](=[N-])C(c2cccc(CCCCCC)c2)=C1CCCCCC.[CH2-]C.[CH2-]C.[Ni+2]. The first-order valence-electron chi connectivity index (χ1n) is 25.7. The first kappa shape index (κ1) is 58.6. The molecule has 3 rings (SSSR count). The Morgan fingerprint density at radius 2 is 0.803 bits per heavy atom. The van der Waals surface area contributed by atoms with Crippen molar-refractivity contribution in [2.24, 2.45) is 0 Å². The van der Waals surface area contributed by atoms with E-state index in [4.69, 9.17) is 0 Å². The predicted molar refractivity (Wildman–Crippen MR) is 269 cm³/mol. The second kappa shape index (κ2) is 41.6. The molecule has 0 bridgehead atoms. The van der Waals surface area contributed by atoms with Crippen molar-refractivity contribution in [1.29, 1.82) is 0 Å². The number of aryl methyl sites for hydroxylation is 2. The molecule has 2 aromatic carbocycles. The van der Waals surface area contributed by atoms with Gasteiger partial charge in [-0.15, -0.1) is 0 Å². The van der Waals surface area contributed by atoms with Crippen LogP contribution in [0.25, 0.3) is 16.9 Å². The van der Waals surface area contributed by atoms with E-state index in [2.05, 4.69) is 102 Å². The summed E-state index contributed by atoms with van der Waals surface area (Å²) >= 11 is 0. The number of hydrogen-bond donors (Lipinski definition) is 0. The molecule has 0 radical (unpaired) electrons. The molecule has 0 N–H and O–H groups in total. The number of benzene rings is 2. The van der Waals surface area contributed by atoms with Crippen molar-refractivity contribution in [2.75, 3.05) is 0 Å². The normalized spacial score (nSPS) is 12.0. The van der Waals surface area contributed by atoms with Crippen molar-refractivity contribution in [1.82, 2.24) is 0 Å². The van der Waals surface area contributed by atoms with Crippen molar-refractivity contribution in [3.8, 4) is 11.8 Å². The van der Waals surface area contributed by atoms with Gasteiger partial charge in [0, 0.05) is 23.1 Å². The van der Waals surface area contributed by atoms with Crippen molar-refractivity contribution in [3.63, 3.8) is 0 Å². The van der Waals surface area contributed by atoms with Crippen molar-refractivity contribution in [3.05, 3.63) is 101 Å². The second-order valence-corrected chi connectivity index (χ2v) is 17.1. The molecule has 2 nitrogen and oxygen atoms in total. The summed E-state index contributed by atoms with van der Waals surface area (Å²) in [5.41, 5.74) is 21.2. The Labute approximate surface area is 390 Å². The van der Waals surface area contributed by atoms with E-state index in [1.807, 2.05) is 0 Å². The smallest absolute Gasteiger partial charge is 0.493 e. The Hall–Kier alpha value is -2.43. The third kappa shape index (κ3) is 25.5. The van der Waals surface area contributed by atoms with Crippen LogP contribution in [0.1, 0.15) is 256 Å². The van der Waals surface area contributed by atoms with E-state index >= 15 is 0 Å². The summed E-state index contributed by atoms with van der Waals surface area (Å²) in [6, 6.07) is 17.9. The molecule has 0 fully saturated rings. The third-order valence-electron chi connectivity index (χ3n) is 11.9. The summed E-state index contributed by atoms with van der Waals surface area (Å²) in [7, 11) is 0. The van der Waals surface area contributed by atoms with Gasteiger partial charge in [0.2, 0.25) is 11.4 Å². The van der Waals surface area contributed by atoms with Gasteiger partial charge in [0.1, 0.15) is 5.57 Å². The molecule has 0 saturated carbocycles. The third-order valence-corrected chi connectivity index (χ3v) is 11.9. The van der Waals surface area contributed by atoms with E-state index in [1.165, 1.54) is 188 Å². The van der Waals surface area contributed by atoms with Crippen LogP contribution in [-0.4, -0.2) is 4.70 Å². The fourth-order valence-electron chi connectivity index (χ4n) is 8.43. The quantitative estimate of drug-likeness (QED) is 0.0224. The zero-order valence-electron chi connectivity index (χ0n) is 40.9. The first-order chi connectivity index (χ1) is 29.6. The molecule has 346 valence electrons. The molecule has 0 aliphatic carbocycles. The maximum atomic E-state index is 12.2. The van der Waals surface area contributed by atoms with Crippen molar-refractivity contribution >= 4 is 11.4 Å². The van der Waals surface area contributed by atoms with Gasteiger partial charge in [-0.3, -0.25) is 0 Å². The van der Waals surface area contributed by atoms with Crippen LogP contribution in [-0.2, 0) is 29.3 Å². The maximum Gasteiger partial charge on any atom is 2.00 e. The fourth-order valence-corrected chi connectivity index (χ4v) is 8.43. The summed E-state index contributed by atoms with van der Waals surface area (Å²) < 4.78 is 1.52.